The second-order valence-electron chi connectivity index (χ2n) is 9.46. The summed E-state index contributed by atoms with van der Waals surface area (Å²) in [6, 6.07) is 8.36. The highest BCUT2D eigenvalue weighted by atomic mass is 32.2. The van der Waals surface area contributed by atoms with E-state index in [2.05, 4.69) is 32.5 Å². The van der Waals surface area contributed by atoms with Crippen LogP contribution in [-0.2, 0) is 27.1 Å². The smallest absolute Gasteiger partial charge is 0.334 e. The van der Waals surface area contributed by atoms with E-state index in [1.165, 1.54) is 15.8 Å². The van der Waals surface area contributed by atoms with E-state index in [0.717, 1.165) is 12.8 Å². The molecule has 1 saturated heterocycles. The highest BCUT2D eigenvalue weighted by Gasteiger charge is 2.45. The van der Waals surface area contributed by atoms with Crippen molar-refractivity contribution in [3.05, 3.63) is 47.4 Å². The molecule has 1 aromatic carbocycles. The molecule has 5 N–H and O–H groups in total. The van der Waals surface area contributed by atoms with Gasteiger partial charge in [-0.2, -0.15) is 15.6 Å². The third-order valence-electron chi connectivity index (χ3n) is 6.84. The molecular formula is C24H32N5O7PS. The number of aliphatic hydroxyl groups excluding tert-OH is 2. The molecule has 1 aliphatic carbocycles. The van der Waals surface area contributed by atoms with Crippen molar-refractivity contribution in [2.45, 2.75) is 57.0 Å². The molecule has 0 radical (unpaired) electrons. The van der Waals surface area contributed by atoms with E-state index >= 15 is 0 Å². The molecule has 2 aliphatic rings. The summed E-state index contributed by atoms with van der Waals surface area (Å²) in [5, 5.41) is 31.9. The molecule has 14 heteroatoms. The van der Waals surface area contributed by atoms with Gasteiger partial charge in [-0.15, -0.1) is 0 Å². The van der Waals surface area contributed by atoms with Crippen LogP contribution in [0.3, 0.4) is 0 Å². The number of aryl methyl sites for hydroxylation is 1. The average molecular weight is 566 g/mol. The molecule has 0 spiro atoms. The van der Waals surface area contributed by atoms with Crippen LogP contribution in [0, 0.1) is 0 Å². The zero-order chi connectivity index (χ0) is 27.0. The molecule has 3 aromatic rings. The van der Waals surface area contributed by atoms with Gasteiger partial charge in [0.25, 0.3) is 0 Å². The van der Waals surface area contributed by atoms with Crippen molar-refractivity contribution < 1.29 is 34.0 Å². The number of rotatable bonds is 9. The zero-order valence-corrected chi connectivity index (χ0v) is 22.8. The van der Waals surface area contributed by atoms with Gasteiger partial charge in [-0.25, -0.2) is 14.6 Å². The number of hydrogen-bond donors (Lipinski definition) is 5. The lowest BCUT2D eigenvalue weighted by molar-refractivity contribution is -0.0362. The van der Waals surface area contributed by atoms with Crippen LogP contribution < -0.4 is 5.32 Å². The van der Waals surface area contributed by atoms with Crippen molar-refractivity contribution in [1.82, 2.24) is 19.7 Å². The lowest BCUT2D eigenvalue weighted by Gasteiger charge is -2.18. The molecule has 0 amide bonds. The predicted molar refractivity (Wildman–Crippen MR) is 144 cm³/mol. The maximum atomic E-state index is 11.5. The molecular weight excluding hydrogens is 533 g/mol. The van der Waals surface area contributed by atoms with Crippen molar-refractivity contribution >= 4 is 40.3 Å². The summed E-state index contributed by atoms with van der Waals surface area (Å²) >= 11 is 0. The minimum absolute atomic E-state index is 0.0693. The number of fused-ring (bicyclic) bond motifs is 2. The van der Waals surface area contributed by atoms with Gasteiger partial charge in [-0.05, 0) is 30.9 Å². The third kappa shape index (κ3) is 5.56. The van der Waals surface area contributed by atoms with Gasteiger partial charge in [0.1, 0.15) is 24.6 Å². The van der Waals surface area contributed by atoms with Crippen molar-refractivity contribution in [3.8, 4) is 0 Å². The summed E-state index contributed by atoms with van der Waals surface area (Å²) in [6.07, 6.45) is -0.987. The van der Waals surface area contributed by atoms with E-state index in [9.17, 15) is 24.6 Å². The number of aromatic nitrogens is 4. The van der Waals surface area contributed by atoms with Gasteiger partial charge >= 0.3 is 7.60 Å². The van der Waals surface area contributed by atoms with Gasteiger partial charge in [0.15, 0.2) is 17.7 Å². The topological polar surface area (TPSA) is 172 Å². The van der Waals surface area contributed by atoms with Crippen molar-refractivity contribution in [3.63, 3.8) is 0 Å². The molecule has 3 heterocycles. The summed E-state index contributed by atoms with van der Waals surface area (Å²) in [4.78, 5) is 28.0. The standard InChI is InChI=1S/C24H32N5O7PS/c1-3-38(13-37(32,33)34)12-18-20(30)21(31)24(36-18)29-23-16(10-25-29)22(27-19(28-23)11-35-2)26-17-9-8-14-6-4-5-7-15(14)17/h3-7,10,17-18,20-21,24,30-31H,8-9,11-13H2,1-2H3,(H,26,27,28)(H2,32,33,34)/t17-,18-,20-,21-,24-,38?/m1/s1. The Hall–Kier alpha value is -2.22. The monoisotopic (exact) mass is 565 g/mol. The van der Waals surface area contributed by atoms with Gasteiger partial charge < -0.3 is 34.8 Å². The van der Waals surface area contributed by atoms with Crippen molar-refractivity contribution in [2.75, 3.05) is 23.7 Å². The zero-order valence-electron chi connectivity index (χ0n) is 21.0. The maximum Gasteiger partial charge on any atom is 0.334 e. The minimum Gasteiger partial charge on any atom is -0.387 e. The van der Waals surface area contributed by atoms with Crippen molar-refractivity contribution in [2.24, 2.45) is 0 Å². The van der Waals surface area contributed by atoms with Crippen molar-refractivity contribution in [1.29, 1.82) is 0 Å². The summed E-state index contributed by atoms with van der Waals surface area (Å²) in [5.41, 5.74) is 2.59. The Balaban J connectivity index is 1.45. The van der Waals surface area contributed by atoms with E-state index in [-0.39, 0.29) is 23.9 Å². The Morgan fingerprint density at radius 3 is 2.79 bits per heavy atom. The third-order valence-corrected chi connectivity index (χ3v) is 10.9. The number of nitrogens with zero attached hydrogens (tertiary/aromatic N) is 4. The van der Waals surface area contributed by atoms with Crippen LogP contribution in [0.4, 0.5) is 5.82 Å². The number of methoxy groups -OCH3 is 1. The number of ether oxygens (including phenoxy) is 2. The first-order valence-electron chi connectivity index (χ1n) is 12.3. The Kier molecular flexibility index (Phi) is 7.99. The molecule has 5 rings (SSSR count). The van der Waals surface area contributed by atoms with Crippen LogP contribution in [0.2, 0.25) is 0 Å². The van der Waals surface area contributed by atoms with Gasteiger partial charge in [-0.1, -0.05) is 29.6 Å². The van der Waals surface area contributed by atoms with Crippen LogP contribution in [0.1, 0.15) is 42.6 Å². The molecule has 0 bridgehead atoms. The second-order valence-corrected chi connectivity index (χ2v) is 13.7. The van der Waals surface area contributed by atoms with E-state index in [1.807, 2.05) is 12.1 Å². The first kappa shape index (κ1) is 27.4. The maximum absolute atomic E-state index is 11.5. The van der Waals surface area contributed by atoms with E-state index in [0.29, 0.717) is 22.7 Å². The van der Waals surface area contributed by atoms with Gasteiger partial charge in [0.2, 0.25) is 0 Å². The number of hydrogen-bond acceptors (Lipinski definition) is 9. The molecule has 12 nitrogen and oxygen atoms in total. The molecule has 1 fully saturated rings. The quantitative estimate of drug-likeness (QED) is 0.190. The Morgan fingerprint density at radius 2 is 2.05 bits per heavy atom. The lowest BCUT2D eigenvalue weighted by Crippen LogP contribution is -2.33. The molecule has 6 atom stereocenters. The number of benzene rings is 1. The summed E-state index contributed by atoms with van der Waals surface area (Å²) in [6.45, 7) is 1.87. The molecule has 38 heavy (non-hydrogen) atoms. The van der Waals surface area contributed by atoms with E-state index in [4.69, 9.17) is 9.47 Å². The Morgan fingerprint density at radius 1 is 1.26 bits per heavy atom. The average Bonchev–Trinajstić information content (AvgIpc) is 3.56. The summed E-state index contributed by atoms with van der Waals surface area (Å²) < 4.78 is 24.2. The van der Waals surface area contributed by atoms with Crippen LogP contribution in [0.5, 0.6) is 0 Å². The SMILES string of the molecule is C/C=S(/C[C@H]1O[C@@H](n2ncc3c(N[C@@H]4CCc5ccccc54)nc(COC)nc32)[C@H](O)[C@@H]1O)CP(=O)(O)O. The molecule has 1 unspecified atom stereocenters. The first-order valence-corrected chi connectivity index (χ1v) is 15.7. The fourth-order valence-corrected chi connectivity index (χ4v) is 8.69. The van der Waals surface area contributed by atoms with Gasteiger partial charge in [0, 0.05) is 12.9 Å². The lowest BCUT2D eigenvalue weighted by atomic mass is 10.1. The van der Waals surface area contributed by atoms with Crippen LogP contribution in [-0.4, -0.2) is 81.8 Å². The first-order chi connectivity index (χ1) is 18.2. The fraction of sp³-hybridized carbons (Fsp3) is 0.500. The molecule has 0 saturated carbocycles. The highest BCUT2D eigenvalue weighted by Crippen LogP contribution is 2.43. The Bertz CT molecular complexity index is 1400. The number of aliphatic hydroxyl groups is 2. The predicted octanol–water partition coefficient (Wildman–Crippen LogP) is 1.92. The molecule has 1 aliphatic heterocycles. The Labute approximate surface area is 222 Å². The van der Waals surface area contributed by atoms with E-state index < -0.39 is 42.6 Å². The largest absolute Gasteiger partial charge is 0.387 e. The van der Waals surface area contributed by atoms with Gasteiger partial charge in [0.05, 0.1) is 29.2 Å². The number of nitrogens with one attached hydrogen (secondary N) is 1. The normalized spacial score (nSPS) is 26.2. The van der Waals surface area contributed by atoms with E-state index in [1.54, 1.807) is 25.6 Å². The summed E-state index contributed by atoms with van der Waals surface area (Å²) in [7, 11) is -3.51. The molecule has 2 aromatic heterocycles. The highest BCUT2D eigenvalue weighted by molar-refractivity contribution is 8.18. The molecule has 206 valence electrons. The van der Waals surface area contributed by atoms with Gasteiger partial charge in [-0.3, -0.25) is 4.57 Å². The minimum atomic E-state index is -4.25. The van der Waals surface area contributed by atoms with Crippen LogP contribution in [0.15, 0.2) is 30.5 Å². The fourth-order valence-electron chi connectivity index (χ4n) is 5.05. The number of anilines is 1. The van der Waals surface area contributed by atoms with Crippen LogP contribution >= 0.6 is 18.1 Å². The van der Waals surface area contributed by atoms with Crippen LogP contribution in [0.25, 0.3) is 11.0 Å². The second kappa shape index (κ2) is 11.1. The summed E-state index contributed by atoms with van der Waals surface area (Å²) in [5.74, 6) is 1.17.